The number of carbonyl (C=O) groups excluding carboxylic acids is 2. The molecule has 1 atom stereocenters. The Labute approximate surface area is 152 Å². The second-order valence-corrected chi connectivity index (χ2v) is 9.38. The van der Waals surface area contributed by atoms with Crippen molar-refractivity contribution in [3.8, 4) is 0 Å². The van der Waals surface area contributed by atoms with Crippen molar-refractivity contribution in [3.63, 3.8) is 0 Å². The second kappa shape index (κ2) is 6.98. The lowest BCUT2D eigenvalue weighted by atomic mass is 10.0. The Hall–Kier alpha value is -1.96. The molecule has 2 fully saturated rings. The Morgan fingerprint density at radius 2 is 2.00 bits per heavy atom. The van der Waals surface area contributed by atoms with Crippen LogP contribution in [0.5, 0.6) is 0 Å². The molecular weight excluding hydrogens is 359 g/mol. The van der Waals surface area contributed by atoms with Crippen LogP contribution in [0.3, 0.4) is 0 Å². The smallest absolute Gasteiger partial charge is 0.238 e. The van der Waals surface area contributed by atoms with Gasteiger partial charge in [0, 0.05) is 19.6 Å². The lowest BCUT2D eigenvalue weighted by Gasteiger charge is -2.27. The van der Waals surface area contributed by atoms with Gasteiger partial charge in [0.2, 0.25) is 11.8 Å². The summed E-state index contributed by atoms with van der Waals surface area (Å²) in [6.07, 6.45) is 1.68. The summed E-state index contributed by atoms with van der Waals surface area (Å²) in [5.41, 5.74) is -0.576. The summed E-state index contributed by atoms with van der Waals surface area (Å²) in [7, 11) is -1.53. The largest absolute Gasteiger partial charge is 0.355 e. The van der Waals surface area contributed by atoms with E-state index in [0.717, 1.165) is 0 Å². The molecule has 2 aliphatic rings. The van der Waals surface area contributed by atoms with E-state index >= 15 is 0 Å². The standard InChI is InChI=1S/C18H23FN2O4S/c1-21(14-7-11-26(24,25)12-14)17(23)18(8-9-18)16(22)20-10-6-13-4-2-3-5-15(13)19/h2-5,14H,6-12H2,1H3,(H,20,22). The maximum atomic E-state index is 13.6. The van der Waals surface area contributed by atoms with Gasteiger partial charge in [-0.15, -0.1) is 0 Å². The fourth-order valence-electron chi connectivity index (χ4n) is 3.43. The van der Waals surface area contributed by atoms with Gasteiger partial charge < -0.3 is 10.2 Å². The highest BCUT2D eigenvalue weighted by Crippen LogP contribution is 2.47. The number of hydrogen-bond acceptors (Lipinski definition) is 4. The molecule has 6 nitrogen and oxygen atoms in total. The Morgan fingerprint density at radius 3 is 2.58 bits per heavy atom. The van der Waals surface area contributed by atoms with Crippen LogP contribution in [0.1, 0.15) is 24.8 Å². The minimum atomic E-state index is -3.10. The normalized spacial score (nSPS) is 22.6. The Balaban J connectivity index is 1.56. The van der Waals surface area contributed by atoms with Crippen molar-refractivity contribution in [2.45, 2.75) is 31.7 Å². The summed E-state index contributed by atoms with van der Waals surface area (Å²) in [5, 5.41) is 2.73. The van der Waals surface area contributed by atoms with Crippen LogP contribution >= 0.6 is 0 Å². The number of hydrogen-bond donors (Lipinski definition) is 1. The van der Waals surface area contributed by atoms with Crippen molar-refractivity contribution in [1.29, 1.82) is 0 Å². The first kappa shape index (κ1) is 18.8. The third-order valence-electron chi connectivity index (χ3n) is 5.31. The molecule has 2 amide bonds. The molecule has 1 saturated carbocycles. The molecule has 26 heavy (non-hydrogen) atoms. The third-order valence-corrected chi connectivity index (χ3v) is 7.06. The monoisotopic (exact) mass is 382 g/mol. The van der Waals surface area contributed by atoms with Crippen LogP contribution in [0, 0.1) is 11.2 Å². The topological polar surface area (TPSA) is 83.6 Å². The number of sulfone groups is 1. The highest BCUT2D eigenvalue weighted by atomic mass is 32.2. The van der Waals surface area contributed by atoms with Gasteiger partial charge in [0.1, 0.15) is 11.2 Å². The molecular formula is C18H23FN2O4S. The van der Waals surface area contributed by atoms with Crippen molar-refractivity contribution >= 4 is 21.7 Å². The molecule has 8 heteroatoms. The summed E-state index contributed by atoms with van der Waals surface area (Å²) >= 11 is 0. The van der Waals surface area contributed by atoms with E-state index < -0.39 is 15.3 Å². The SMILES string of the molecule is CN(C(=O)C1(C(=O)NCCc2ccccc2F)CC1)C1CCS(=O)(=O)C1. The maximum Gasteiger partial charge on any atom is 0.238 e. The van der Waals surface area contributed by atoms with E-state index in [0.29, 0.717) is 31.2 Å². The first-order valence-electron chi connectivity index (χ1n) is 8.74. The van der Waals surface area contributed by atoms with Crippen molar-refractivity contribution in [3.05, 3.63) is 35.6 Å². The summed E-state index contributed by atoms with van der Waals surface area (Å²) in [4.78, 5) is 26.7. The van der Waals surface area contributed by atoms with Crippen molar-refractivity contribution in [2.75, 3.05) is 25.1 Å². The van der Waals surface area contributed by atoms with E-state index in [4.69, 9.17) is 0 Å². The molecule has 142 valence electrons. The number of halogens is 1. The van der Waals surface area contributed by atoms with Gasteiger partial charge in [-0.3, -0.25) is 9.59 Å². The van der Waals surface area contributed by atoms with Crippen LogP contribution in [0.15, 0.2) is 24.3 Å². The molecule has 1 aromatic rings. The van der Waals surface area contributed by atoms with Gasteiger partial charge >= 0.3 is 0 Å². The van der Waals surface area contributed by atoms with Gasteiger partial charge in [-0.25, -0.2) is 12.8 Å². The predicted octanol–water partition coefficient (Wildman–Crippen LogP) is 0.910. The van der Waals surface area contributed by atoms with Gasteiger partial charge in [0.25, 0.3) is 0 Å². The highest BCUT2D eigenvalue weighted by molar-refractivity contribution is 7.91. The summed E-state index contributed by atoms with van der Waals surface area (Å²) < 4.78 is 36.9. The minimum absolute atomic E-state index is 0.0414. The van der Waals surface area contributed by atoms with E-state index in [9.17, 15) is 22.4 Å². The molecule has 1 N–H and O–H groups in total. The zero-order valence-corrected chi connectivity index (χ0v) is 15.5. The molecule has 1 aliphatic heterocycles. The first-order valence-corrected chi connectivity index (χ1v) is 10.6. The fourth-order valence-corrected chi connectivity index (χ4v) is 5.20. The zero-order valence-electron chi connectivity index (χ0n) is 14.7. The van der Waals surface area contributed by atoms with Crippen LogP contribution in [0.4, 0.5) is 4.39 Å². The number of rotatable bonds is 6. The van der Waals surface area contributed by atoms with Gasteiger partial charge in [0.05, 0.1) is 11.5 Å². The van der Waals surface area contributed by atoms with Crippen LogP contribution < -0.4 is 5.32 Å². The van der Waals surface area contributed by atoms with E-state index in [2.05, 4.69) is 5.32 Å². The Bertz CT molecular complexity index is 820. The van der Waals surface area contributed by atoms with Crippen LogP contribution in [0.2, 0.25) is 0 Å². The maximum absolute atomic E-state index is 13.6. The average Bonchev–Trinajstić information content (AvgIpc) is 3.33. The second-order valence-electron chi connectivity index (χ2n) is 7.15. The number of amides is 2. The zero-order chi connectivity index (χ0) is 18.9. The highest BCUT2D eigenvalue weighted by Gasteiger charge is 2.58. The molecule has 0 bridgehead atoms. The van der Waals surface area contributed by atoms with Gasteiger partial charge in [0.15, 0.2) is 9.84 Å². The number of nitrogens with zero attached hydrogens (tertiary/aromatic N) is 1. The summed E-state index contributed by atoms with van der Waals surface area (Å²) in [6, 6.07) is 6.00. The van der Waals surface area contributed by atoms with E-state index in [1.165, 1.54) is 11.0 Å². The van der Waals surface area contributed by atoms with Gasteiger partial charge in [-0.2, -0.15) is 0 Å². The van der Waals surface area contributed by atoms with Crippen molar-refractivity contribution < 1.29 is 22.4 Å². The lowest BCUT2D eigenvalue weighted by Crippen LogP contribution is -2.48. The summed E-state index contributed by atoms with van der Waals surface area (Å²) in [5.74, 6) is -0.951. The summed E-state index contributed by atoms with van der Waals surface area (Å²) in [6.45, 7) is 0.246. The van der Waals surface area contributed by atoms with Crippen molar-refractivity contribution in [1.82, 2.24) is 10.2 Å². The number of nitrogens with one attached hydrogen (secondary N) is 1. The molecule has 1 heterocycles. The molecule has 3 rings (SSSR count). The van der Waals surface area contributed by atoms with Gasteiger partial charge in [-0.1, -0.05) is 18.2 Å². The average molecular weight is 382 g/mol. The molecule has 0 spiro atoms. The minimum Gasteiger partial charge on any atom is -0.355 e. The number of carbonyl (C=O) groups is 2. The predicted molar refractivity (Wildman–Crippen MR) is 94.6 cm³/mol. The molecule has 0 aromatic heterocycles. The molecule has 0 radical (unpaired) electrons. The van der Waals surface area contributed by atoms with E-state index in [1.807, 2.05) is 0 Å². The van der Waals surface area contributed by atoms with Crippen LogP contribution in [0.25, 0.3) is 0 Å². The Kier molecular flexibility index (Phi) is 5.05. The van der Waals surface area contributed by atoms with Crippen LogP contribution in [-0.2, 0) is 25.8 Å². The molecule has 1 saturated heterocycles. The van der Waals surface area contributed by atoms with Crippen LogP contribution in [-0.4, -0.2) is 56.3 Å². The molecule has 1 unspecified atom stereocenters. The van der Waals surface area contributed by atoms with Gasteiger partial charge in [-0.05, 0) is 37.3 Å². The van der Waals surface area contributed by atoms with E-state index in [-0.39, 0.29) is 41.7 Å². The quantitative estimate of drug-likeness (QED) is 0.742. The molecule has 1 aliphatic carbocycles. The molecule has 1 aromatic carbocycles. The van der Waals surface area contributed by atoms with Crippen molar-refractivity contribution in [2.24, 2.45) is 5.41 Å². The Morgan fingerprint density at radius 1 is 1.31 bits per heavy atom. The number of benzene rings is 1. The first-order chi connectivity index (χ1) is 12.3. The fraction of sp³-hybridized carbons (Fsp3) is 0.556. The third kappa shape index (κ3) is 3.75. The van der Waals surface area contributed by atoms with E-state index in [1.54, 1.807) is 25.2 Å². The lowest BCUT2D eigenvalue weighted by molar-refractivity contribution is -0.144.